The van der Waals surface area contributed by atoms with Crippen molar-refractivity contribution in [2.45, 2.75) is 26.4 Å². The number of likely N-dealkylation sites (N-methyl/N-ethyl adjacent to an activating group) is 1. The molecule has 0 unspecified atom stereocenters. The summed E-state index contributed by atoms with van der Waals surface area (Å²) in [5, 5.41) is 12.3. The second-order valence-electron chi connectivity index (χ2n) is 4.46. The van der Waals surface area contributed by atoms with Gasteiger partial charge in [-0.1, -0.05) is 35.8 Å². The normalized spacial score (nSPS) is 10.9. The number of hydrogen-bond donors (Lipinski definition) is 2. The third-order valence-electron chi connectivity index (χ3n) is 2.61. The van der Waals surface area contributed by atoms with Crippen LogP contribution in [-0.2, 0) is 6.54 Å². The molecule has 0 fully saturated rings. The lowest BCUT2D eigenvalue weighted by Crippen LogP contribution is -2.23. The average molecular weight is 301 g/mol. The number of rotatable bonds is 6. The van der Waals surface area contributed by atoms with Gasteiger partial charge in [0.1, 0.15) is 0 Å². The SMILES string of the molecule is CC(C)NCc1ccc(N(C)CCO)cc1Br. The highest BCUT2D eigenvalue weighted by Gasteiger charge is 2.05. The minimum absolute atomic E-state index is 0.171. The van der Waals surface area contributed by atoms with E-state index in [1.54, 1.807) is 0 Å². The van der Waals surface area contributed by atoms with E-state index >= 15 is 0 Å². The van der Waals surface area contributed by atoms with Crippen LogP contribution in [0.15, 0.2) is 22.7 Å². The van der Waals surface area contributed by atoms with Crippen molar-refractivity contribution in [2.75, 3.05) is 25.1 Å². The predicted molar refractivity (Wildman–Crippen MR) is 76.5 cm³/mol. The molecular weight excluding hydrogens is 280 g/mol. The Morgan fingerprint density at radius 2 is 2.12 bits per heavy atom. The van der Waals surface area contributed by atoms with E-state index in [-0.39, 0.29) is 6.61 Å². The second kappa shape index (κ2) is 6.99. The van der Waals surface area contributed by atoms with Crippen molar-refractivity contribution >= 4 is 21.6 Å². The molecule has 0 atom stereocenters. The number of halogens is 1. The Labute approximate surface area is 112 Å². The van der Waals surface area contributed by atoms with Gasteiger partial charge in [0.25, 0.3) is 0 Å². The van der Waals surface area contributed by atoms with Crippen LogP contribution in [0.4, 0.5) is 5.69 Å². The van der Waals surface area contributed by atoms with Gasteiger partial charge in [0.05, 0.1) is 6.61 Å². The summed E-state index contributed by atoms with van der Waals surface area (Å²) in [6.45, 7) is 5.96. The molecular formula is C13H21BrN2O. The summed E-state index contributed by atoms with van der Waals surface area (Å²) in [5.41, 5.74) is 2.36. The number of anilines is 1. The molecule has 17 heavy (non-hydrogen) atoms. The topological polar surface area (TPSA) is 35.5 Å². The molecule has 0 saturated carbocycles. The van der Waals surface area contributed by atoms with Crippen molar-refractivity contribution < 1.29 is 5.11 Å². The van der Waals surface area contributed by atoms with Crippen molar-refractivity contribution in [3.05, 3.63) is 28.2 Å². The maximum atomic E-state index is 8.90. The highest BCUT2D eigenvalue weighted by molar-refractivity contribution is 9.10. The molecule has 0 radical (unpaired) electrons. The third kappa shape index (κ3) is 4.66. The summed E-state index contributed by atoms with van der Waals surface area (Å²) >= 11 is 3.59. The second-order valence-corrected chi connectivity index (χ2v) is 5.31. The monoisotopic (exact) mass is 300 g/mol. The minimum atomic E-state index is 0.171. The zero-order valence-electron chi connectivity index (χ0n) is 10.7. The molecule has 1 aromatic rings. The lowest BCUT2D eigenvalue weighted by atomic mass is 10.2. The number of nitrogens with zero attached hydrogens (tertiary/aromatic N) is 1. The molecule has 0 aliphatic heterocycles. The highest BCUT2D eigenvalue weighted by atomic mass is 79.9. The van der Waals surface area contributed by atoms with Gasteiger partial charge < -0.3 is 15.3 Å². The fourth-order valence-corrected chi connectivity index (χ4v) is 2.02. The lowest BCUT2D eigenvalue weighted by molar-refractivity contribution is 0.304. The molecule has 4 heteroatoms. The Morgan fingerprint density at radius 1 is 1.41 bits per heavy atom. The molecule has 0 amide bonds. The molecule has 0 bridgehead atoms. The summed E-state index contributed by atoms with van der Waals surface area (Å²) in [7, 11) is 1.98. The summed E-state index contributed by atoms with van der Waals surface area (Å²) in [6.07, 6.45) is 0. The Hall–Kier alpha value is -0.580. The number of aliphatic hydroxyl groups excluding tert-OH is 1. The Kier molecular flexibility index (Phi) is 5.95. The van der Waals surface area contributed by atoms with Gasteiger partial charge in [-0.15, -0.1) is 0 Å². The third-order valence-corrected chi connectivity index (χ3v) is 3.35. The largest absolute Gasteiger partial charge is 0.395 e. The Bertz CT molecular complexity index is 355. The van der Waals surface area contributed by atoms with Crippen LogP contribution in [0.1, 0.15) is 19.4 Å². The van der Waals surface area contributed by atoms with E-state index in [0.717, 1.165) is 16.7 Å². The molecule has 1 aromatic carbocycles. The highest BCUT2D eigenvalue weighted by Crippen LogP contribution is 2.23. The van der Waals surface area contributed by atoms with Crippen molar-refractivity contribution in [2.24, 2.45) is 0 Å². The molecule has 1 rings (SSSR count). The van der Waals surface area contributed by atoms with E-state index in [0.29, 0.717) is 12.6 Å². The summed E-state index contributed by atoms with van der Waals surface area (Å²) in [4.78, 5) is 2.03. The Balaban J connectivity index is 2.72. The first-order chi connectivity index (χ1) is 8.04. The zero-order chi connectivity index (χ0) is 12.8. The number of benzene rings is 1. The first-order valence-corrected chi connectivity index (χ1v) is 6.67. The van der Waals surface area contributed by atoms with E-state index in [9.17, 15) is 0 Å². The molecule has 0 spiro atoms. The molecule has 0 aliphatic rings. The van der Waals surface area contributed by atoms with Gasteiger partial charge in [-0.05, 0) is 17.7 Å². The van der Waals surface area contributed by atoms with Crippen LogP contribution >= 0.6 is 15.9 Å². The first-order valence-electron chi connectivity index (χ1n) is 5.88. The molecule has 0 heterocycles. The van der Waals surface area contributed by atoms with Gasteiger partial charge in [-0.3, -0.25) is 0 Å². The van der Waals surface area contributed by atoms with Crippen molar-refractivity contribution in [1.29, 1.82) is 0 Å². The van der Waals surface area contributed by atoms with Crippen LogP contribution in [0.25, 0.3) is 0 Å². The molecule has 0 saturated heterocycles. The van der Waals surface area contributed by atoms with E-state index in [1.165, 1.54) is 5.56 Å². The summed E-state index contributed by atoms with van der Waals surface area (Å²) in [6, 6.07) is 6.77. The standard InChI is InChI=1S/C13H21BrN2O/c1-10(2)15-9-11-4-5-12(8-13(11)14)16(3)6-7-17/h4-5,8,10,15,17H,6-7,9H2,1-3H3. The summed E-state index contributed by atoms with van der Waals surface area (Å²) in [5.74, 6) is 0. The fourth-order valence-electron chi connectivity index (χ4n) is 1.51. The molecule has 0 aromatic heterocycles. The first kappa shape index (κ1) is 14.5. The van der Waals surface area contributed by atoms with Crippen LogP contribution in [-0.4, -0.2) is 31.3 Å². The summed E-state index contributed by atoms with van der Waals surface area (Å²) < 4.78 is 1.10. The van der Waals surface area contributed by atoms with Gasteiger partial charge in [0.2, 0.25) is 0 Å². The smallest absolute Gasteiger partial charge is 0.0606 e. The van der Waals surface area contributed by atoms with E-state index in [4.69, 9.17) is 5.11 Å². The van der Waals surface area contributed by atoms with Crippen molar-refractivity contribution in [3.8, 4) is 0 Å². The molecule has 0 aliphatic carbocycles. The average Bonchev–Trinajstić information content (AvgIpc) is 2.27. The van der Waals surface area contributed by atoms with E-state index < -0.39 is 0 Å². The van der Waals surface area contributed by atoms with Crippen molar-refractivity contribution in [3.63, 3.8) is 0 Å². The van der Waals surface area contributed by atoms with Gasteiger partial charge in [-0.25, -0.2) is 0 Å². The van der Waals surface area contributed by atoms with Crippen LogP contribution in [0.2, 0.25) is 0 Å². The van der Waals surface area contributed by atoms with Crippen LogP contribution in [0, 0.1) is 0 Å². The molecule has 2 N–H and O–H groups in total. The molecule has 96 valence electrons. The maximum Gasteiger partial charge on any atom is 0.0606 e. The Morgan fingerprint density at radius 3 is 2.65 bits per heavy atom. The van der Waals surface area contributed by atoms with Gasteiger partial charge >= 0.3 is 0 Å². The number of hydrogen-bond acceptors (Lipinski definition) is 3. The minimum Gasteiger partial charge on any atom is -0.395 e. The maximum absolute atomic E-state index is 8.90. The van der Waals surface area contributed by atoms with Crippen LogP contribution < -0.4 is 10.2 Å². The van der Waals surface area contributed by atoms with Crippen LogP contribution in [0.5, 0.6) is 0 Å². The van der Waals surface area contributed by atoms with E-state index in [1.807, 2.05) is 11.9 Å². The fraction of sp³-hybridized carbons (Fsp3) is 0.538. The quantitative estimate of drug-likeness (QED) is 0.847. The number of aliphatic hydroxyl groups is 1. The van der Waals surface area contributed by atoms with Crippen LogP contribution in [0.3, 0.4) is 0 Å². The van der Waals surface area contributed by atoms with Gasteiger partial charge in [0, 0.05) is 36.3 Å². The zero-order valence-corrected chi connectivity index (χ0v) is 12.3. The lowest BCUT2D eigenvalue weighted by Gasteiger charge is -2.19. The number of nitrogens with one attached hydrogen (secondary N) is 1. The van der Waals surface area contributed by atoms with E-state index in [2.05, 4.69) is 53.3 Å². The van der Waals surface area contributed by atoms with Gasteiger partial charge in [0.15, 0.2) is 0 Å². The molecule has 3 nitrogen and oxygen atoms in total. The predicted octanol–water partition coefficient (Wildman–Crippen LogP) is 2.38. The van der Waals surface area contributed by atoms with Gasteiger partial charge in [-0.2, -0.15) is 0 Å². The van der Waals surface area contributed by atoms with Crippen molar-refractivity contribution in [1.82, 2.24) is 5.32 Å².